The summed E-state index contributed by atoms with van der Waals surface area (Å²) in [6.07, 6.45) is 1.61. The summed E-state index contributed by atoms with van der Waals surface area (Å²) in [7, 11) is 0. The van der Waals surface area contributed by atoms with Crippen molar-refractivity contribution in [3.8, 4) is 0 Å². The SMILES string of the molecule is CC1(C)O[C@@H]2O[C@H](Cn3cc(CCCCl)nn3)[C@](O)(c3ccccc3)[C@H]2O1. The van der Waals surface area contributed by atoms with Crippen LogP contribution in [0.5, 0.6) is 0 Å². The van der Waals surface area contributed by atoms with Gasteiger partial charge in [-0.2, -0.15) is 0 Å². The van der Waals surface area contributed by atoms with E-state index in [4.69, 9.17) is 25.8 Å². The van der Waals surface area contributed by atoms with Crippen molar-refractivity contribution in [3.05, 3.63) is 47.8 Å². The maximum Gasteiger partial charge on any atom is 0.191 e. The van der Waals surface area contributed by atoms with Gasteiger partial charge in [-0.3, -0.25) is 0 Å². The average Bonchev–Trinajstić information content (AvgIpc) is 3.29. The van der Waals surface area contributed by atoms with Crippen LogP contribution in [0.4, 0.5) is 0 Å². The molecule has 146 valence electrons. The molecule has 0 radical (unpaired) electrons. The summed E-state index contributed by atoms with van der Waals surface area (Å²) in [6, 6.07) is 9.43. The summed E-state index contributed by atoms with van der Waals surface area (Å²) in [5, 5.41) is 20.1. The number of aromatic nitrogens is 3. The lowest BCUT2D eigenvalue weighted by Crippen LogP contribution is -2.47. The van der Waals surface area contributed by atoms with Crippen LogP contribution in [0, 0.1) is 0 Å². The predicted octanol–water partition coefficient (Wildman–Crippen LogP) is 2.21. The number of benzene rings is 1. The molecule has 27 heavy (non-hydrogen) atoms. The van der Waals surface area contributed by atoms with Crippen molar-refractivity contribution in [1.82, 2.24) is 15.0 Å². The van der Waals surface area contributed by atoms with Crippen LogP contribution in [-0.2, 0) is 32.8 Å². The van der Waals surface area contributed by atoms with Gasteiger partial charge in [0, 0.05) is 12.1 Å². The second kappa shape index (κ2) is 7.14. The molecule has 1 aromatic carbocycles. The summed E-state index contributed by atoms with van der Waals surface area (Å²) in [4.78, 5) is 0. The van der Waals surface area contributed by atoms with Gasteiger partial charge in [0.05, 0.1) is 12.2 Å². The quantitative estimate of drug-likeness (QED) is 0.758. The first-order valence-electron chi connectivity index (χ1n) is 9.16. The van der Waals surface area contributed by atoms with E-state index in [-0.39, 0.29) is 0 Å². The van der Waals surface area contributed by atoms with E-state index in [0.29, 0.717) is 12.4 Å². The zero-order chi connectivity index (χ0) is 19.1. The van der Waals surface area contributed by atoms with Crippen LogP contribution >= 0.6 is 11.6 Å². The van der Waals surface area contributed by atoms with E-state index in [1.54, 1.807) is 4.68 Å². The molecular weight excluding hydrogens is 370 g/mol. The Morgan fingerprint density at radius 1 is 1.22 bits per heavy atom. The lowest BCUT2D eigenvalue weighted by molar-refractivity contribution is -0.233. The first-order chi connectivity index (χ1) is 12.9. The zero-order valence-corrected chi connectivity index (χ0v) is 16.2. The van der Waals surface area contributed by atoms with Crippen molar-refractivity contribution >= 4 is 11.6 Å². The van der Waals surface area contributed by atoms with Crippen LogP contribution in [0.15, 0.2) is 36.5 Å². The number of hydrogen-bond acceptors (Lipinski definition) is 6. The van der Waals surface area contributed by atoms with Crippen LogP contribution in [-0.4, -0.2) is 50.3 Å². The van der Waals surface area contributed by atoms with Gasteiger partial charge in [0.2, 0.25) is 0 Å². The van der Waals surface area contributed by atoms with E-state index in [9.17, 15) is 5.11 Å². The molecule has 0 unspecified atom stereocenters. The molecule has 1 aromatic heterocycles. The van der Waals surface area contributed by atoms with Gasteiger partial charge < -0.3 is 19.3 Å². The Kier molecular flexibility index (Phi) is 4.98. The van der Waals surface area contributed by atoms with Gasteiger partial charge in [-0.05, 0) is 32.3 Å². The average molecular weight is 394 g/mol. The number of halogens is 1. The monoisotopic (exact) mass is 393 g/mol. The minimum Gasteiger partial charge on any atom is -0.379 e. The van der Waals surface area contributed by atoms with Crippen molar-refractivity contribution in [1.29, 1.82) is 0 Å². The smallest absolute Gasteiger partial charge is 0.191 e. The molecule has 2 fully saturated rings. The Labute approximate surface area is 163 Å². The Bertz CT molecular complexity index is 784. The molecule has 2 aliphatic heterocycles. The van der Waals surface area contributed by atoms with Crippen molar-refractivity contribution in [2.45, 2.75) is 63.1 Å². The van der Waals surface area contributed by atoms with Gasteiger partial charge in [0.25, 0.3) is 0 Å². The molecule has 2 saturated heterocycles. The van der Waals surface area contributed by atoms with E-state index in [2.05, 4.69) is 10.3 Å². The highest BCUT2D eigenvalue weighted by atomic mass is 35.5. The standard InChI is InChI=1S/C19H24ClN3O4/c1-18(2)26-16-17(27-18)25-15(19(16,24)13-7-4-3-5-8-13)12-23-11-14(21-22-23)9-6-10-20/h3-5,7-8,11,15-17,24H,6,9-10,12H2,1-2H3/t15-,16+,17+,19-/m1/s1. The van der Waals surface area contributed by atoms with E-state index >= 15 is 0 Å². The predicted molar refractivity (Wildman–Crippen MR) is 98.1 cm³/mol. The van der Waals surface area contributed by atoms with E-state index in [1.807, 2.05) is 50.4 Å². The molecular formula is C19H24ClN3O4. The third kappa shape index (κ3) is 3.50. The van der Waals surface area contributed by atoms with Crippen LogP contribution in [0.1, 0.15) is 31.5 Å². The maximum atomic E-state index is 11.7. The third-order valence-electron chi connectivity index (χ3n) is 5.02. The van der Waals surface area contributed by atoms with E-state index < -0.39 is 29.9 Å². The first kappa shape index (κ1) is 18.8. The lowest BCUT2D eigenvalue weighted by atomic mass is 9.84. The Hall–Kier alpha value is -1.51. The topological polar surface area (TPSA) is 78.6 Å². The fraction of sp³-hybridized carbons (Fsp3) is 0.579. The van der Waals surface area contributed by atoms with Gasteiger partial charge in [-0.25, -0.2) is 4.68 Å². The fourth-order valence-corrected chi connectivity index (χ4v) is 3.91. The largest absolute Gasteiger partial charge is 0.379 e. The lowest BCUT2D eigenvalue weighted by Gasteiger charge is -2.34. The number of fused-ring (bicyclic) bond motifs is 1. The molecule has 0 amide bonds. The summed E-state index contributed by atoms with van der Waals surface area (Å²) >= 11 is 5.74. The molecule has 0 saturated carbocycles. The summed E-state index contributed by atoms with van der Waals surface area (Å²) in [6.45, 7) is 3.96. The van der Waals surface area contributed by atoms with Crippen molar-refractivity contribution in [3.63, 3.8) is 0 Å². The number of aryl methyl sites for hydroxylation is 1. The number of aliphatic hydroxyl groups is 1. The summed E-state index contributed by atoms with van der Waals surface area (Å²) < 4.78 is 19.6. The molecule has 0 spiro atoms. The zero-order valence-electron chi connectivity index (χ0n) is 15.4. The first-order valence-corrected chi connectivity index (χ1v) is 9.70. The molecule has 1 N–H and O–H groups in total. The Morgan fingerprint density at radius 3 is 2.74 bits per heavy atom. The van der Waals surface area contributed by atoms with Crippen LogP contribution in [0.25, 0.3) is 0 Å². The maximum absolute atomic E-state index is 11.7. The normalized spacial score (nSPS) is 31.9. The van der Waals surface area contributed by atoms with Crippen LogP contribution in [0.2, 0.25) is 0 Å². The van der Waals surface area contributed by atoms with E-state index in [1.165, 1.54) is 0 Å². The highest BCUT2D eigenvalue weighted by molar-refractivity contribution is 6.17. The number of nitrogens with zero attached hydrogens (tertiary/aromatic N) is 3. The van der Waals surface area contributed by atoms with Crippen LogP contribution < -0.4 is 0 Å². The van der Waals surface area contributed by atoms with Gasteiger partial charge in [0.1, 0.15) is 17.8 Å². The third-order valence-corrected chi connectivity index (χ3v) is 5.29. The minimum absolute atomic E-state index is 0.333. The second-order valence-corrected chi connectivity index (χ2v) is 7.84. The molecule has 8 heteroatoms. The molecule has 4 rings (SSSR count). The fourth-order valence-electron chi connectivity index (χ4n) is 3.77. The van der Waals surface area contributed by atoms with Gasteiger partial charge in [0.15, 0.2) is 12.1 Å². The van der Waals surface area contributed by atoms with E-state index in [0.717, 1.165) is 24.1 Å². The Balaban J connectivity index is 1.61. The number of alkyl halides is 1. The number of rotatable bonds is 6. The van der Waals surface area contributed by atoms with Gasteiger partial charge in [-0.1, -0.05) is 35.5 Å². The molecule has 0 aliphatic carbocycles. The van der Waals surface area contributed by atoms with Crippen molar-refractivity contribution in [2.75, 3.05) is 5.88 Å². The van der Waals surface area contributed by atoms with Gasteiger partial charge >= 0.3 is 0 Å². The molecule has 2 aromatic rings. The number of hydrogen-bond donors (Lipinski definition) is 1. The second-order valence-electron chi connectivity index (χ2n) is 7.47. The minimum atomic E-state index is -1.36. The molecule has 7 nitrogen and oxygen atoms in total. The Morgan fingerprint density at radius 2 is 2.00 bits per heavy atom. The molecule has 0 bridgehead atoms. The molecule has 3 heterocycles. The van der Waals surface area contributed by atoms with Crippen LogP contribution in [0.3, 0.4) is 0 Å². The highest BCUT2D eigenvalue weighted by Gasteiger charge is 2.63. The van der Waals surface area contributed by atoms with Crippen molar-refractivity contribution < 1.29 is 19.3 Å². The van der Waals surface area contributed by atoms with Gasteiger partial charge in [-0.15, -0.1) is 16.7 Å². The molecule has 2 aliphatic rings. The summed E-state index contributed by atoms with van der Waals surface area (Å²) in [5.41, 5.74) is 0.235. The number of ether oxygens (including phenoxy) is 3. The summed E-state index contributed by atoms with van der Waals surface area (Å²) in [5.74, 6) is -0.231. The highest BCUT2D eigenvalue weighted by Crippen LogP contribution is 2.48. The van der Waals surface area contributed by atoms with Crippen molar-refractivity contribution in [2.24, 2.45) is 0 Å². The molecule has 4 atom stereocenters.